The van der Waals surface area contributed by atoms with Crippen molar-refractivity contribution in [3.05, 3.63) is 88.5 Å². The average Bonchev–Trinajstić information content (AvgIpc) is 3.27. The number of hydrogen-bond acceptors (Lipinski definition) is 6. The van der Waals surface area contributed by atoms with Gasteiger partial charge in [-0.2, -0.15) is 0 Å². The minimum Gasteiger partial charge on any atom is -0.508 e. The molecule has 184 valence electrons. The van der Waals surface area contributed by atoms with Crippen LogP contribution in [0.25, 0.3) is 0 Å². The number of aromatic hydroxyl groups is 2. The van der Waals surface area contributed by atoms with Gasteiger partial charge in [-0.25, -0.2) is 0 Å². The summed E-state index contributed by atoms with van der Waals surface area (Å²) in [4.78, 5) is 15.1. The van der Waals surface area contributed by atoms with Gasteiger partial charge in [0.15, 0.2) is 0 Å². The number of ether oxygens (including phenoxy) is 2. The van der Waals surface area contributed by atoms with Crippen LogP contribution in [-0.4, -0.2) is 40.3 Å². The second-order valence-corrected chi connectivity index (χ2v) is 8.49. The van der Waals surface area contributed by atoms with E-state index in [0.717, 1.165) is 42.0 Å². The smallest absolute Gasteiger partial charge is 0.262 e. The maximum atomic E-state index is 13.4. The molecule has 3 aromatic rings. The molecule has 3 aromatic carbocycles. The van der Waals surface area contributed by atoms with Crippen molar-refractivity contribution >= 4 is 5.91 Å². The van der Waals surface area contributed by atoms with E-state index in [1.165, 1.54) is 12.1 Å². The fourth-order valence-corrected chi connectivity index (χ4v) is 4.13. The Labute approximate surface area is 205 Å². The van der Waals surface area contributed by atoms with Gasteiger partial charge in [0.25, 0.3) is 5.91 Å². The number of benzene rings is 3. The number of rotatable bonds is 7. The van der Waals surface area contributed by atoms with E-state index in [0.29, 0.717) is 19.1 Å². The molecule has 5 rings (SSSR count). The highest BCUT2D eigenvalue weighted by atomic mass is 16.5. The zero-order valence-electron chi connectivity index (χ0n) is 20.2. The van der Waals surface area contributed by atoms with Crippen molar-refractivity contribution < 1.29 is 24.5 Å². The summed E-state index contributed by atoms with van der Waals surface area (Å²) in [5.41, 5.74) is 4.32. The van der Waals surface area contributed by atoms with E-state index in [1.807, 2.05) is 44.2 Å². The van der Waals surface area contributed by atoms with Gasteiger partial charge < -0.3 is 29.9 Å². The maximum Gasteiger partial charge on any atom is 0.262 e. The van der Waals surface area contributed by atoms with E-state index < -0.39 is 0 Å². The molecule has 7 heteroatoms. The first-order valence-electron chi connectivity index (χ1n) is 12.0. The summed E-state index contributed by atoms with van der Waals surface area (Å²) in [5.74, 6) is -0.639. The number of amides is 1. The highest BCUT2D eigenvalue weighted by Crippen LogP contribution is 2.36. The van der Waals surface area contributed by atoms with Crippen LogP contribution < -0.4 is 10.1 Å². The highest BCUT2D eigenvalue weighted by Gasteiger charge is 2.29. The lowest BCUT2D eigenvalue weighted by molar-refractivity contribution is -0.00578. The number of carbonyl (C=O) groups excluding carboxylic acids is 1. The van der Waals surface area contributed by atoms with Gasteiger partial charge >= 0.3 is 0 Å². The molecule has 0 radical (unpaired) electrons. The van der Waals surface area contributed by atoms with Crippen molar-refractivity contribution in [2.24, 2.45) is 0 Å². The van der Waals surface area contributed by atoms with Gasteiger partial charge in [-0.05, 0) is 22.3 Å². The van der Waals surface area contributed by atoms with Gasteiger partial charge in [0.1, 0.15) is 29.4 Å². The molecule has 7 nitrogen and oxygen atoms in total. The molecule has 0 atom stereocenters. The standard InChI is InChI=1S/C26H26N2O5.C2H6/c29-22-9-23(30)25(24(10-22)33-14-17-4-2-1-3-5-17)26(31)28-12-19-7-6-18(8-20(19)13-28)11-27-21-15-32-16-21;1-2/h1-10,21,27,29-30H,11-16H2;1-2H3. The predicted molar refractivity (Wildman–Crippen MR) is 133 cm³/mol. The molecular weight excluding hydrogens is 444 g/mol. The Balaban J connectivity index is 0.00000141. The van der Waals surface area contributed by atoms with Gasteiger partial charge in [0.2, 0.25) is 0 Å². The Kier molecular flexibility index (Phi) is 7.90. The Morgan fingerprint density at radius 2 is 1.74 bits per heavy atom. The zero-order chi connectivity index (χ0) is 24.8. The normalized spacial score (nSPS) is 14.5. The van der Waals surface area contributed by atoms with Gasteiger partial charge in [-0.1, -0.05) is 62.4 Å². The van der Waals surface area contributed by atoms with Gasteiger partial charge in [-0.15, -0.1) is 0 Å². The molecule has 35 heavy (non-hydrogen) atoms. The number of carbonyl (C=O) groups is 1. The van der Waals surface area contributed by atoms with Crippen LogP contribution in [0.1, 0.15) is 46.5 Å². The molecule has 0 aromatic heterocycles. The average molecular weight is 477 g/mol. The lowest BCUT2D eigenvalue weighted by Crippen LogP contribution is -2.45. The largest absolute Gasteiger partial charge is 0.508 e. The van der Waals surface area contributed by atoms with Crippen LogP contribution in [0.4, 0.5) is 0 Å². The van der Waals surface area contributed by atoms with Crippen LogP contribution in [0.2, 0.25) is 0 Å². The minimum atomic E-state index is -0.335. The van der Waals surface area contributed by atoms with E-state index in [1.54, 1.807) is 4.90 Å². The third-order valence-electron chi connectivity index (χ3n) is 6.03. The van der Waals surface area contributed by atoms with Crippen molar-refractivity contribution in [3.63, 3.8) is 0 Å². The number of nitrogens with one attached hydrogen (secondary N) is 1. The first-order valence-corrected chi connectivity index (χ1v) is 12.0. The molecule has 0 spiro atoms. The zero-order valence-corrected chi connectivity index (χ0v) is 20.2. The SMILES string of the molecule is CC.O=C(c1c(O)cc(O)cc1OCc1ccccc1)N1Cc2ccc(CNC3COC3)cc2C1. The summed E-state index contributed by atoms with van der Waals surface area (Å²) in [5, 5.41) is 23.9. The Hall–Kier alpha value is -3.55. The number of fused-ring (bicyclic) bond motifs is 1. The molecule has 1 fully saturated rings. The van der Waals surface area contributed by atoms with Gasteiger partial charge in [-0.3, -0.25) is 4.79 Å². The summed E-state index contributed by atoms with van der Waals surface area (Å²) in [6.45, 7) is 7.37. The fraction of sp³-hybridized carbons (Fsp3) is 0.321. The predicted octanol–water partition coefficient (Wildman–Crippen LogP) is 4.35. The summed E-state index contributed by atoms with van der Waals surface area (Å²) >= 11 is 0. The van der Waals surface area contributed by atoms with E-state index in [9.17, 15) is 15.0 Å². The van der Waals surface area contributed by atoms with Crippen LogP contribution in [0.3, 0.4) is 0 Å². The Morgan fingerprint density at radius 3 is 2.46 bits per heavy atom. The summed E-state index contributed by atoms with van der Waals surface area (Å²) in [6, 6.07) is 18.7. The molecule has 1 amide bonds. The minimum absolute atomic E-state index is 0.0587. The fourth-order valence-electron chi connectivity index (χ4n) is 4.13. The second kappa shape index (κ2) is 11.3. The molecule has 2 aliphatic heterocycles. The number of phenols is 2. The van der Waals surface area contributed by atoms with E-state index in [-0.39, 0.29) is 35.3 Å². The van der Waals surface area contributed by atoms with Crippen molar-refractivity contribution in [2.45, 2.75) is 46.1 Å². The second-order valence-electron chi connectivity index (χ2n) is 8.49. The molecule has 3 N–H and O–H groups in total. The van der Waals surface area contributed by atoms with E-state index in [2.05, 4.69) is 23.5 Å². The molecule has 0 aliphatic carbocycles. The molecule has 2 aliphatic rings. The van der Waals surface area contributed by atoms with Crippen molar-refractivity contribution in [3.8, 4) is 17.2 Å². The summed E-state index contributed by atoms with van der Waals surface area (Å²) < 4.78 is 11.0. The lowest BCUT2D eigenvalue weighted by atomic mass is 10.1. The quantitative estimate of drug-likeness (QED) is 0.470. The van der Waals surface area contributed by atoms with Crippen molar-refractivity contribution in [1.29, 1.82) is 0 Å². The first kappa shape index (κ1) is 24.6. The van der Waals surface area contributed by atoms with Gasteiger partial charge in [0.05, 0.1) is 19.3 Å². The Morgan fingerprint density at radius 1 is 1.00 bits per heavy atom. The van der Waals surface area contributed by atoms with Crippen LogP contribution in [0.5, 0.6) is 17.2 Å². The molecule has 0 bridgehead atoms. The topological polar surface area (TPSA) is 91.3 Å². The monoisotopic (exact) mass is 476 g/mol. The molecule has 1 saturated heterocycles. The number of hydrogen-bond donors (Lipinski definition) is 3. The van der Waals surface area contributed by atoms with E-state index in [4.69, 9.17) is 9.47 Å². The molecule has 0 unspecified atom stereocenters. The molecule has 0 saturated carbocycles. The van der Waals surface area contributed by atoms with Crippen molar-refractivity contribution in [1.82, 2.24) is 10.2 Å². The third kappa shape index (κ3) is 5.75. The van der Waals surface area contributed by atoms with Crippen LogP contribution in [0, 0.1) is 0 Å². The molecular formula is C28H32N2O5. The van der Waals surface area contributed by atoms with Crippen LogP contribution in [-0.2, 0) is 31.0 Å². The maximum absolute atomic E-state index is 13.4. The highest BCUT2D eigenvalue weighted by molar-refractivity contribution is 6.00. The van der Waals surface area contributed by atoms with E-state index >= 15 is 0 Å². The number of phenolic OH excluding ortho intramolecular Hbond substituents is 2. The summed E-state index contributed by atoms with van der Waals surface area (Å²) in [6.07, 6.45) is 0. The van der Waals surface area contributed by atoms with Crippen molar-refractivity contribution in [2.75, 3.05) is 13.2 Å². The first-order chi connectivity index (χ1) is 17.1. The molecule has 2 heterocycles. The van der Waals surface area contributed by atoms with Gasteiger partial charge in [0, 0.05) is 31.8 Å². The summed E-state index contributed by atoms with van der Waals surface area (Å²) in [7, 11) is 0. The number of nitrogens with zero attached hydrogens (tertiary/aromatic N) is 1. The lowest BCUT2D eigenvalue weighted by Gasteiger charge is -2.27. The Bertz CT molecular complexity index is 1160. The van der Waals surface area contributed by atoms with Crippen LogP contribution >= 0.6 is 0 Å². The third-order valence-corrected chi connectivity index (χ3v) is 6.03. The van der Waals surface area contributed by atoms with Crippen LogP contribution in [0.15, 0.2) is 60.7 Å².